The van der Waals surface area contributed by atoms with Crippen molar-refractivity contribution in [3.05, 3.63) is 34.9 Å². The van der Waals surface area contributed by atoms with E-state index in [1.165, 1.54) is 31.2 Å². The normalized spacial score (nSPS) is 16.6. The van der Waals surface area contributed by atoms with Gasteiger partial charge in [-0.2, -0.15) is 0 Å². The third-order valence-electron chi connectivity index (χ3n) is 3.86. The van der Waals surface area contributed by atoms with E-state index in [4.69, 9.17) is 11.6 Å². The van der Waals surface area contributed by atoms with E-state index in [0.717, 1.165) is 30.7 Å². The topological polar surface area (TPSA) is 15.3 Å². The SMILES string of the molecule is CN(CCNCc1ccccc1Cl)C1CCCC1. The van der Waals surface area contributed by atoms with Gasteiger partial charge in [-0.3, -0.25) is 0 Å². The molecule has 0 atom stereocenters. The van der Waals surface area contributed by atoms with Gasteiger partial charge in [-0.15, -0.1) is 0 Å². The van der Waals surface area contributed by atoms with Gasteiger partial charge in [-0.1, -0.05) is 42.6 Å². The first-order valence-corrected chi connectivity index (χ1v) is 7.29. The van der Waals surface area contributed by atoms with Crippen molar-refractivity contribution in [2.24, 2.45) is 0 Å². The number of nitrogens with one attached hydrogen (secondary N) is 1. The van der Waals surface area contributed by atoms with Gasteiger partial charge in [-0.05, 0) is 31.5 Å². The molecule has 0 heterocycles. The number of hydrogen-bond donors (Lipinski definition) is 1. The summed E-state index contributed by atoms with van der Waals surface area (Å²) in [5.41, 5.74) is 1.18. The minimum Gasteiger partial charge on any atom is -0.311 e. The first kappa shape index (κ1) is 13.9. The van der Waals surface area contributed by atoms with Gasteiger partial charge in [0.2, 0.25) is 0 Å². The molecule has 0 spiro atoms. The number of likely N-dealkylation sites (N-methyl/N-ethyl adjacent to an activating group) is 1. The lowest BCUT2D eigenvalue weighted by Gasteiger charge is -2.24. The van der Waals surface area contributed by atoms with Gasteiger partial charge in [0.25, 0.3) is 0 Å². The molecule has 0 unspecified atom stereocenters. The monoisotopic (exact) mass is 266 g/mol. The fourth-order valence-corrected chi connectivity index (χ4v) is 2.85. The van der Waals surface area contributed by atoms with E-state index in [1.54, 1.807) is 0 Å². The lowest BCUT2D eigenvalue weighted by atomic mass is 10.2. The zero-order valence-electron chi connectivity index (χ0n) is 11.2. The average Bonchev–Trinajstić information content (AvgIpc) is 2.90. The molecule has 100 valence electrons. The predicted molar refractivity (Wildman–Crippen MR) is 78.0 cm³/mol. The fourth-order valence-electron chi connectivity index (χ4n) is 2.65. The summed E-state index contributed by atoms with van der Waals surface area (Å²) in [7, 11) is 2.24. The maximum Gasteiger partial charge on any atom is 0.0450 e. The van der Waals surface area contributed by atoms with E-state index in [1.807, 2.05) is 18.2 Å². The Morgan fingerprint density at radius 3 is 2.72 bits per heavy atom. The molecule has 0 aliphatic heterocycles. The first-order chi connectivity index (χ1) is 8.77. The number of hydrogen-bond acceptors (Lipinski definition) is 2. The molecule has 1 N–H and O–H groups in total. The zero-order chi connectivity index (χ0) is 12.8. The van der Waals surface area contributed by atoms with E-state index >= 15 is 0 Å². The summed E-state index contributed by atoms with van der Waals surface area (Å²) in [5.74, 6) is 0. The Morgan fingerprint density at radius 1 is 1.28 bits per heavy atom. The molecule has 3 heteroatoms. The second-order valence-corrected chi connectivity index (χ2v) is 5.59. The number of halogens is 1. The standard InChI is InChI=1S/C15H23ClN2/c1-18(14-7-3-4-8-14)11-10-17-12-13-6-2-5-9-15(13)16/h2,5-6,9,14,17H,3-4,7-8,10-12H2,1H3. The van der Waals surface area contributed by atoms with Crippen molar-refractivity contribution >= 4 is 11.6 Å². The quantitative estimate of drug-likeness (QED) is 0.795. The van der Waals surface area contributed by atoms with Gasteiger partial charge in [0.15, 0.2) is 0 Å². The van der Waals surface area contributed by atoms with Gasteiger partial charge in [0.05, 0.1) is 0 Å². The molecule has 2 nitrogen and oxygen atoms in total. The van der Waals surface area contributed by atoms with Crippen LogP contribution in [0.1, 0.15) is 31.2 Å². The minimum atomic E-state index is 0.812. The molecule has 1 saturated carbocycles. The van der Waals surface area contributed by atoms with Crippen LogP contribution in [-0.4, -0.2) is 31.1 Å². The number of rotatable bonds is 6. The van der Waals surface area contributed by atoms with Gasteiger partial charge < -0.3 is 10.2 Å². The fraction of sp³-hybridized carbons (Fsp3) is 0.600. The Morgan fingerprint density at radius 2 is 2.00 bits per heavy atom. The highest BCUT2D eigenvalue weighted by Crippen LogP contribution is 2.21. The second-order valence-electron chi connectivity index (χ2n) is 5.19. The van der Waals surface area contributed by atoms with Crippen molar-refractivity contribution in [1.29, 1.82) is 0 Å². The summed E-state index contributed by atoms with van der Waals surface area (Å²) in [6.45, 7) is 3.01. The molecule has 0 bridgehead atoms. The number of benzene rings is 1. The summed E-state index contributed by atoms with van der Waals surface area (Å²) in [5, 5.41) is 4.33. The highest BCUT2D eigenvalue weighted by molar-refractivity contribution is 6.31. The van der Waals surface area contributed by atoms with Crippen LogP contribution in [0, 0.1) is 0 Å². The van der Waals surface area contributed by atoms with Crippen molar-refractivity contribution in [3.8, 4) is 0 Å². The maximum absolute atomic E-state index is 6.12. The van der Waals surface area contributed by atoms with Crippen LogP contribution < -0.4 is 5.32 Å². The van der Waals surface area contributed by atoms with Crippen molar-refractivity contribution in [1.82, 2.24) is 10.2 Å². The average molecular weight is 267 g/mol. The molecule has 1 aromatic rings. The van der Waals surface area contributed by atoms with Crippen molar-refractivity contribution in [3.63, 3.8) is 0 Å². The van der Waals surface area contributed by atoms with Gasteiger partial charge >= 0.3 is 0 Å². The zero-order valence-corrected chi connectivity index (χ0v) is 11.9. The number of nitrogens with zero attached hydrogens (tertiary/aromatic N) is 1. The molecule has 1 fully saturated rings. The highest BCUT2D eigenvalue weighted by Gasteiger charge is 2.18. The van der Waals surface area contributed by atoms with E-state index in [0.29, 0.717) is 0 Å². The van der Waals surface area contributed by atoms with Crippen LogP contribution in [0.15, 0.2) is 24.3 Å². The Bertz CT molecular complexity index is 361. The molecule has 2 rings (SSSR count). The molecule has 0 saturated heterocycles. The molecular formula is C15H23ClN2. The van der Waals surface area contributed by atoms with Crippen molar-refractivity contribution in [2.75, 3.05) is 20.1 Å². The van der Waals surface area contributed by atoms with Crippen LogP contribution in [0.2, 0.25) is 5.02 Å². The Labute approximate surface area is 115 Å². The first-order valence-electron chi connectivity index (χ1n) is 6.92. The van der Waals surface area contributed by atoms with Crippen LogP contribution >= 0.6 is 11.6 Å². The van der Waals surface area contributed by atoms with Crippen molar-refractivity contribution < 1.29 is 0 Å². The van der Waals surface area contributed by atoms with E-state index < -0.39 is 0 Å². The smallest absolute Gasteiger partial charge is 0.0450 e. The predicted octanol–water partition coefficient (Wildman–Crippen LogP) is 3.30. The molecular weight excluding hydrogens is 244 g/mol. The molecule has 0 amide bonds. The summed E-state index contributed by atoms with van der Waals surface area (Å²) in [6.07, 6.45) is 5.56. The minimum absolute atomic E-state index is 0.812. The lowest BCUT2D eigenvalue weighted by Crippen LogP contribution is -2.35. The van der Waals surface area contributed by atoms with Crippen molar-refractivity contribution in [2.45, 2.75) is 38.3 Å². The summed E-state index contributed by atoms with van der Waals surface area (Å²) in [4.78, 5) is 2.49. The lowest BCUT2D eigenvalue weighted by molar-refractivity contribution is 0.245. The Hall–Kier alpha value is -0.570. The van der Waals surface area contributed by atoms with E-state index in [9.17, 15) is 0 Å². The molecule has 1 aromatic carbocycles. The summed E-state index contributed by atoms with van der Waals surface area (Å²) >= 11 is 6.12. The van der Waals surface area contributed by atoms with Crippen LogP contribution in [-0.2, 0) is 6.54 Å². The van der Waals surface area contributed by atoms with Crippen LogP contribution in [0.5, 0.6) is 0 Å². The largest absolute Gasteiger partial charge is 0.311 e. The van der Waals surface area contributed by atoms with Gasteiger partial charge in [-0.25, -0.2) is 0 Å². The van der Waals surface area contributed by atoms with Crippen LogP contribution in [0.3, 0.4) is 0 Å². The molecule has 1 aliphatic rings. The Balaban J connectivity index is 1.65. The summed E-state index contributed by atoms with van der Waals surface area (Å²) in [6, 6.07) is 8.85. The van der Waals surface area contributed by atoms with Gasteiger partial charge in [0.1, 0.15) is 0 Å². The maximum atomic E-state index is 6.12. The van der Waals surface area contributed by atoms with E-state index in [2.05, 4.69) is 23.3 Å². The van der Waals surface area contributed by atoms with E-state index in [-0.39, 0.29) is 0 Å². The molecule has 1 aliphatic carbocycles. The molecule has 18 heavy (non-hydrogen) atoms. The molecule has 0 radical (unpaired) electrons. The van der Waals surface area contributed by atoms with Gasteiger partial charge in [0, 0.05) is 30.7 Å². The van der Waals surface area contributed by atoms with Crippen LogP contribution in [0.4, 0.5) is 0 Å². The summed E-state index contributed by atoms with van der Waals surface area (Å²) < 4.78 is 0. The third kappa shape index (κ3) is 3.98. The third-order valence-corrected chi connectivity index (χ3v) is 4.23. The van der Waals surface area contributed by atoms with Crippen LogP contribution in [0.25, 0.3) is 0 Å². The highest BCUT2D eigenvalue weighted by atomic mass is 35.5. The second kappa shape index (κ2) is 7.13. The Kier molecular flexibility index (Phi) is 5.48. The molecule has 0 aromatic heterocycles.